The van der Waals surface area contributed by atoms with Crippen molar-refractivity contribution in [2.24, 2.45) is 5.41 Å². The highest BCUT2D eigenvalue weighted by molar-refractivity contribution is 4.89. The van der Waals surface area contributed by atoms with Gasteiger partial charge in [0, 0.05) is 37.7 Å². The van der Waals surface area contributed by atoms with E-state index in [0.29, 0.717) is 11.5 Å². The van der Waals surface area contributed by atoms with Crippen molar-refractivity contribution >= 4 is 0 Å². The quantitative estimate of drug-likeness (QED) is 0.725. The molecule has 2 fully saturated rings. The van der Waals surface area contributed by atoms with Crippen molar-refractivity contribution in [1.29, 1.82) is 0 Å². The van der Waals surface area contributed by atoms with Gasteiger partial charge in [0.1, 0.15) is 0 Å². The van der Waals surface area contributed by atoms with Gasteiger partial charge in [-0.1, -0.05) is 6.92 Å². The van der Waals surface area contributed by atoms with E-state index >= 15 is 0 Å². The highest BCUT2D eigenvalue weighted by Crippen LogP contribution is 2.30. The predicted octanol–water partition coefficient (Wildman–Crippen LogP) is 1.81. The van der Waals surface area contributed by atoms with Crippen molar-refractivity contribution in [3.63, 3.8) is 0 Å². The van der Waals surface area contributed by atoms with E-state index in [1.54, 1.807) is 0 Å². The molecule has 2 atom stereocenters. The summed E-state index contributed by atoms with van der Waals surface area (Å²) < 4.78 is 5.85. The lowest BCUT2D eigenvalue weighted by Gasteiger charge is -2.44. The maximum atomic E-state index is 5.85. The van der Waals surface area contributed by atoms with E-state index in [0.717, 1.165) is 26.3 Å². The van der Waals surface area contributed by atoms with Crippen LogP contribution in [0.5, 0.6) is 0 Å². The molecule has 0 aliphatic carbocycles. The highest BCUT2D eigenvalue weighted by atomic mass is 16.5. The van der Waals surface area contributed by atoms with Gasteiger partial charge in [-0.25, -0.2) is 0 Å². The largest absolute Gasteiger partial charge is 0.381 e. The van der Waals surface area contributed by atoms with Crippen LogP contribution in [0.1, 0.15) is 39.0 Å². The van der Waals surface area contributed by atoms with Crippen LogP contribution in [0, 0.1) is 5.41 Å². The normalized spacial score (nSPS) is 31.7. The Morgan fingerprint density at radius 1 is 1.38 bits per heavy atom. The summed E-state index contributed by atoms with van der Waals surface area (Å²) in [5, 5.41) is 3.65. The van der Waals surface area contributed by atoms with E-state index in [1.807, 2.05) is 0 Å². The fraction of sp³-hybridized carbons (Fsp3) is 1.00. The Labute approximate surface area is 131 Å². The molecule has 2 aliphatic rings. The first-order valence-electron chi connectivity index (χ1n) is 8.82. The van der Waals surface area contributed by atoms with Gasteiger partial charge in [-0.2, -0.15) is 0 Å². The zero-order valence-electron chi connectivity index (χ0n) is 14.4. The number of hydrogen-bond acceptors (Lipinski definition) is 4. The second-order valence-electron chi connectivity index (χ2n) is 7.31. The topological polar surface area (TPSA) is 27.7 Å². The van der Waals surface area contributed by atoms with Crippen molar-refractivity contribution in [2.75, 3.05) is 60.0 Å². The van der Waals surface area contributed by atoms with Gasteiger partial charge in [-0.05, 0) is 59.3 Å². The van der Waals surface area contributed by atoms with Crippen LogP contribution in [0.15, 0.2) is 0 Å². The molecule has 0 aromatic carbocycles. The van der Waals surface area contributed by atoms with Crippen molar-refractivity contribution in [1.82, 2.24) is 15.1 Å². The second-order valence-corrected chi connectivity index (χ2v) is 7.31. The fourth-order valence-corrected chi connectivity index (χ4v) is 3.92. The number of rotatable bonds is 7. The average Bonchev–Trinajstić information content (AvgIpc) is 2.48. The monoisotopic (exact) mass is 297 g/mol. The SMILES string of the molecule is CCCNCC1(CN(C)C2CCCN(C)C2)CCCOC1. The Kier molecular flexibility index (Phi) is 6.93. The van der Waals surface area contributed by atoms with Crippen LogP contribution in [0.4, 0.5) is 0 Å². The van der Waals surface area contributed by atoms with Gasteiger partial charge >= 0.3 is 0 Å². The molecule has 2 aliphatic heterocycles. The number of nitrogens with zero attached hydrogens (tertiary/aromatic N) is 2. The maximum absolute atomic E-state index is 5.85. The van der Waals surface area contributed by atoms with Crippen molar-refractivity contribution in [3.8, 4) is 0 Å². The van der Waals surface area contributed by atoms with Gasteiger partial charge in [0.2, 0.25) is 0 Å². The van der Waals surface area contributed by atoms with E-state index in [2.05, 4.69) is 36.1 Å². The Morgan fingerprint density at radius 2 is 2.24 bits per heavy atom. The molecule has 0 spiro atoms. The van der Waals surface area contributed by atoms with E-state index in [-0.39, 0.29) is 0 Å². The molecule has 124 valence electrons. The van der Waals surface area contributed by atoms with Gasteiger partial charge in [-0.3, -0.25) is 0 Å². The molecule has 4 heteroatoms. The molecule has 21 heavy (non-hydrogen) atoms. The summed E-state index contributed by atoms with van der Waals surface area (Å²) in [6.07, 6.45) is 6.41. The van der Waals surface area contributed by atoms with Gasteiger partial charge in [0.15, 0.2) is 0 Å². The summed E-state index contributed by atoms with van der Waals surface area (Å²) in [6, 6.07) is 0.716. The van der Waals surface area contributed by atoms with E-state index in [4.69, 9.17) is 4.74 Å². The Morgan fingerprint density at radius 3 is 2.90 bits per heavy atom. The van der Waals surface area contributed by atoms with Crippen LogP contribution >= 0.6 is 0 Å². The minimum absolute atomic E-state index is 0.318. The van der Waals surface area contributed by atoms with Crippen LogP contribution in [0.25, 0.3) is 0 Å². The van der Waals surface area contributed by atoms with Crippen molar-refractivity contribution in [3.05, 3.63) is 0 Å². The first-order valence-corrected chi connectivity index (χ1v) is 8.82. The lowest BCUT2D eigenvalue weighted by Crippen LogP contribution is -2.53. The number of ether oxygens (including phenoxy) is 1. The Balaban J connectivity index is 1.90. The minimum Gasteiger partial charge on any atom is -0.381 e. The zero-order valence-corrected chi connectivity index (χ0v) is 14.4. The molecular weight excluding hydrogens is 262 g/mol. The highest BCUT2D eigenvalue weighted by Gasteiger charge is 2.35. The lowest BCUT2D eigenvalue weighted by molar-refractivity contribution is -0.0324. The molecule has 1 N–H and O–H groups in total. The number of likely N-dealkylation sites (tertiary alicyclic amines) is 1. The predicted molar refractivity (Wildman–Crippen MR) is 88.8 cm³/mol. The van der Waals surface area contributed by atoms with E-state index in [1.165, 1.54) is 51.7 Å². The minimum atomic E-state index is 0.318. The standard InChI is InChI=1S/C17H35N3O/c1-4-9-18-13-17(8-6-11-21-15-17)14-20(3)16-7-5-10-19(2)12-16/h16,18H,4-15H2,1-3H3. The number of piperidine rings is 1. The molecule has 0 amide bonds. The molecule has 0 radical (unpaired) electrons. The third-order valence-electron chi connectivity index (χ3n) is 5.14. The molecule has 4 nitrogen and oxygen atoms in total. The van der Waals surface area contributed by atoms with Gasteiger partial charge in [-0.15, -0.1) is 0 Å². The van der Waals surface area contributed by atoms with Crippen LogP contribution < -0.4 is 5.32 Å². The number of hydrogen-bond donors (Lipinski definition) is 1. The zero-order chi connectivity index (χ0) is 15.1. The first-order chi connectivity index (χ1) is 10.2. The fourth-order valence-electron chi connectivity index (χ4n) is 3.92. The summed E-state index contributed by atoms with van der Waals surface area (Å²) in [7, 11) is 4.57. The summed E-state index contributed by atoms with van der Waals surface area (Å²) >= 11 is 0. The molecule has 0 aromatic heterocycles. The molecule has 0 aromatic rings. The summed E-state index contributed by atoms with van der Waals surface area (Å²) in [4.78, 5) is 5.09. The van der Waals surface area contributed by atoms with Crippen LogP contribution in [-0.2, 0) is 4.74 Å². The molecule has 2 heterocycles. The third-order valence-corrected chi connectivity index (χ3v) is 5.14. The van der Waals surface area contributed by atoms with E-state index in [9.17, 15) is 0 Å². The molecule has 0 saturated carbocycles. The van der Waals surface area contributed by atoms with Crippen LogP contribution in [0.2, 0.25) is 0 Å². The van der Waals surface area contributed by atoms with Crippen molar-refractivity contribution in [2.45, 2.75) is 45.1 Å². The second kappa shape index (κ2) is 8.47. The molecule has 2 rings (SSSR count). The third kappa shape index (κ3) is 5.20. The van der Waals surface area contributed by atoms with Crippen LogP contribution in [-0.4, -0.2) is 75.9 Å². The van der Waals surface area contributed by atoms with Crippen LogP contribution in [0.3, 0.4) is 0 Å². The van der Waals surface area contributed by atoms with Gasteiger partial charge < -0.3 is 19.9 Å². The molecule has 0 bridgehead atoms. The molecular formula is C17H35N3O. The van der Waals surface area contributed by atoms with Crippen molar-refractivity contribution < 1.29 is 4.74 Å². The number of nitrogens with one attached hydrogen (secondary N) is 1. The number of likely N-dealkylation sites (N-methyl/N-ethyl adjacent to an activating group) is 2. The van der Waals surface area contributed by atoms with Gasteiger partial charge in [0.05, 0.1) is 6.61 Å². The Hall–Kier alpha value is -0.160. The Bertz CT molecular complexity index is 292. The lowest BCUT2D eigenvalue weighted by atomic mass is 9.81. The summed E-state index contributed by atoms with van der Waals surface area (Å²) in [5.74, 6) is 0. The molecule has 2 unspecified atom stereocenters. The van der Waals surface area contributed by atoms with Gasteiger partial charge in [0.25, 0.3) is 0 Å². The summed E-state index contributed by atoms with van der Waals surface area (Å²) in [5.41, 5.74) is 0.318. The molecule has 2 saturated heterocycles. The smallest absolute Gasteiger partial charge is 0.0546 e. The summed E-state index contributed by atoms with van der Waals surface area (Å²) in [6.45, 7) is 9.99. The first kappa shape index (κ1) is 17.2. The maximum Gasteiger partial charge on any atom is 0.0546 e. The van der Waals surface area contributed by atoms with E-state index < -0.39 is 0 Å². The average molecular weight is 297 g/mol.